The van der Waals surface area contributed by atoms with E-state index in [-0.39, 0.29) is 0 Å². The van der Waals surface area contributed by atoms with E-state index in [1.807, 2.05) is 6.07 Å². The lowest BCUT2D eigenvalue weighted by molar-refractivity contribution is -0.693. The van der Waals surface area contributed by atoms with Gasteiger partial charge in [0.1, 0.15) is 6.54 Å². The molecule has 1 heterocycles. The second kappa shape index (κ2) is 4.05. The Hall–Kier alpha value is -1.63. The van der Waals surface area contributed by atoms with Crippen LogP contribution in [0.25, 0.3) is 11.1 Å². The monoisotopic (exact) mass is 184 g/mol. The van der Waals surface area contributed by atoms with Gasteiger partial charge in [-0.15, -0.1) is 0 Å². The molecule has 2 aromatic rings. The van der Waals surface area contributed by atoms with Crippen molar-refractivity contribution < 1.29 is 4.57 Å². The van der Waals surface area contributed by atoms with Crippen LogP contribution in [0.3, 0.4) is 0 Å². The lowest BCUT2D eigenvalue weighted by atomic mass is 10.1. The number of nitrogens with zero attached hydrogens (tertiary/aromatic N) is 1. The van der Waals surface area contributed by atoms with Gasteiger partial charge in [-0.25, -0.2) is 4.57 Å². The Bertz CT molecular complexity index is 407. The van der Waals surface area contributed by atoms with Crippen LogP contribution in [-0.2, 0) is 6.54 Å². The molecule has 0 unspecified atom stereocenters. The molecule has 1 nitrogen and oxygen atoms in total. The summed E-state index contributed by atoms with van der Waals surface area (Å²) in [6, 6.07) is 14.7. The number of rotatable bonds is 2. The molecule has 14 heavy (non-hydrogen) atoms. The van der Waals surface area contributed by atoms with Crippen molar-refractivity contribution in [1.29, 1.82) is 0 Å². The van der Waals surface area contributed by atoms with E-state index in [0.29, 0.717) is 0 Å². The second-order valence-electron chi connectivity index (χ2n) is 3.29. The second-order valence-corrected chi connectivity index (χ2v) is 3.29. The minimum absolute atomic E-state index is 1.01. The molecule has 0 aliphatic rings. The third kappa shape index (κ3) is 1.82. The van der Waals surface area contributed by atoms with Gasteiger partial charge in [-0.2, -0.15) is 0 Å². The molecule has 0 spiro atoms. The first-order valence-electron chi connectivity index (χ1n) is 4.94. The zero-order valence-electron chi connectivity index (χ0n) is 8.35. The number of pyridine rings is 1. The number of hydrogen-bond donors (Lipinski definition) is 0. The third-order valence-corrected chi connectivity index (χ3v) is 2.33. The van der Waals surface area contributed by atoms with Crippen LogP contribution in [0.2, 0.25) is 0 Å². The van der Waals surface area contributed by atoms with Gasteiger partial charge in [0.2, 0.25) is 0 Å². The minimum atomic E-state index is 1.01. The zero-order valence-corrected chi connectivity index (χ0v) is 8.35. The van der Waals surface area contributed by atoms with Gasteiger partial charge in [-0.3, -0.25) is 0 Å². The van der Waals surface area contributed by atoms with Crippen LogP contribution in [0.1, 0.15) is 6.92 Å². The molecule has 0 radical (unpaired) electrons. The van der Waals surface area contributed by atoms with Crippen molar-refractivity contribution >= 4 is 0 Å². The molecule has 1 aromatic heterocycles. The van der Waals surface area contributed by atoms with Gasteiger partial charge in [0.25, 0.3) is 0 Å². The van der Waals surface area contributed by atoms with Crippen LogP contribution >= 0.6 is 0 Å². The summed E-state index contributed by atoms with van der Waals surface area (Å²) in [6.07, 6.45) is 4.27. The summed E-state index contributed by atoms with van der Waals surface area (Å²) < 4.78 is 2.18. The average molecular weight is 184 g/mol. The molecule has 70 valence electrons. The highest BCUT2D eigenvalue weighted by molar-refractivity contribution is 5.61. The van der Waals surface area contributed by atoms with Gasteiger partial charge in [0.05, 0.1) is 0 Å². The lowest BCUT2D eigenvalue weighted by Gasteiger charge is -1.99. The van der Waals surface area contributed by atoms with E-state index < -0.39 is 0 Å². The Kier molecular flexibility index (Phi) is 2.59. The molecular formula is C13H14N+. The molecule has 2 rings (SSSR count). The number of aromatic nitrogens is 1. The van der Waals surface area contributed by atoms with Crippen LogP contribution < -0.4 is 4.57 Å². The number of benzene rings is 1. The van der Waals surface area contributed by atoms with Crippen molar-refractivity contribution in [3.05, 3.63) is 54.9 Å². The SMILES string of the molecule is CC[n+]1cccc(-c2ccccc2)c1. The van der Waals surface area contributed by atoms with Gasteiger partial charge in [-0.05, 0) is 18.6 Å². The van der Waals surface area contributed by atoms with Gasteiger partial charge in [0, 0.05) is 11.6 Å². The largest absolute Gasteiger partial charge is 0.205 e. The first-order chi connectivity index (χ1) is 6.90. The van der Waals surface area contributed by atoms with Crippen LogP contribution in [-0.4, -0.2) is 0 Å². The molecule has 0 bridgehead atoms. The van der Waals surface area contributed by atoms with Gasteiger partial charge >= 0.3 is 0 Å². The molecular weight excluding hydrogens is 170 g/mol. The van der Waals surface area contributed by atoms with Crippen molar-refractivity contribution in [2.45, 2.75) is 13.5 Å². The summed E-state index contributed by atoms with van der Waals surface area (Å²) >= 11 is 0. The van der Waals surface area contributed by atoms with E-state index >= 15 is 0 Å². The van der Waals surface area contributed by atoms with E-state index in [1.165, 1.54) is 11.1 Å². The van der Waals surface area contributed by atoms with E-state index in [2.05, 4.69) is 60.3 Å². The fourth-order valence-corrected chi connectivity index (χ4v) is 1.52. The van der Waals surface area contributed by atoms with Crippen molar-refractivity contribution in [3.63, 3.8) is 0 Å². The Morgan fingerprint density at radius 1 is 0.929 bits per heavy atom. The topological polar surface area (TPSA) is 3.88 Å². The van der Waals surface area contributed by atoms with Crippen molar-refractivity contribution in [2.24, 2.45) is 0 Å². The maximum absolute atomic E-state index is 2.18. The summed E-state index contributed by atoms with van der Waals surface area (Å²) in [4.78, 5) is 0. The predicted octanol–water partition coefficient (Wildman–Crippen LogP) is 2.66. The highest BCUT2D eigenvalue weighted by atomic mass is 14.9. The average Bonchev–Trinajstić information content (AvgIpc) is 2.30. The van der Waals surface area contributed by atoms with Crippen LogP contribution in [0.5, 0.6) is 0 Å². The predicted molar refractivity (Wildman–Crippen MR) is 57.7 cm³/mol. The molecule has 0 saturated heterocycles. The summed E-state index contributed by atoms with van der Waals surface area (Å²) in [5, 5.41) is 0. The fraction of sp³-hybridized carbons (Fsp3) is 0.154. The highest BCUT2D eigenvalue weighted by Crippen LogP contribution is 2.15. The summed E-state index contributed by atoms with van der Waals surface area (Å²) in [6.45, 7) is 3.16. The molecule has 0 aliphatic heterocycles. The minimum Gasteiger partial charge on any atom is -0.205 e. The molecule has 0 amide bonds. The maximum atomic E-state index is 2.18. The first kappa shape index (κ1) is 8.95. The van der Waals surface area contributed by atoms with E-state index in [9.17, 15) is 0 Å². The zero-order chi connectivity index (χ0) is 9.80. The summed E-state index contributed by atoms with van der Waals surface area (Å²) in [5.41, 5.74) is 2.55. The van der Waals surface area contributed by atoms with E-state index in [1.54, 1.807) is 0 Å². The van der Waals surface area contributed by atoms with Crippen LogP contribution in [0, 0.1) is 0 Å². The first-order valence-corrected chi connectivity index (χ1v) is 4.94. The molecule has 1 heteroatoms. The Morgan fingerprint density at radius 2 is 1.64 bits per heavy atom. The molecule has 1 aromatic carbocycles. The highest BCUT2D eigenvalue weighted by Gasteiger charge is 2.01. The molecule has 0 fully saturated rings. The standard InChI is InChI=1S/C13H14N/c1-2-14-10-6-9-13(11-14)12-7-4-3-5-8-12/h3-11H,2H2,1H3/q+1. The van der Waals surface area contributed by atoms with Crippen LogP contribution in [0.15, 0.2) is 54.9 Å². The molecule has 0 atom stereocenters. The molecule has 0 saturated carbocycles. The smallest absolute Gasteiger partial charge is 0.176 e. The van der Waals surface area contributed by atoms with Gasteiger partial charge in [0.15, 0.2) is 12.4 Å². The quantitative estimate of drug-likeness (QED) is 0.632. The van der Waals surface area contributed by atoms with Gasteiger partial charge in [-0.1, -0.05) is 30.3 Å². The maximum Gasteiger partial charge on any atom is 0.176 e. The Labute approximate surface area is 84.6 Å². The van der Waals surface area contributed by atoms with Crippen molar-refractivity contribution in [3.8, 4) is 11.1 Å². The third-order valence-electron chi connectivity index (χ3n) is 2.33. The van der Waals surface area contributed by atoms with Crippen molar-refractivity contribution in [1.82, 2.24) is 0 Å². The number of aryl methyl sites for hydroxylation is 1. The summed E-state index contributed by atoms with van der Waals surface area (Å²) in [5.74, 6) is 0. The lowest BCUT2D eigenvalue weighted by Crippen LogP contribution is -2.30. The van der Waals surface area contributed by atoms with Crippen molar-refractivity contribution in [2.75, 3.05) is 0 Å². The Balaban J connectivity index is 2.42. The van der Waals surface area contributed by atoms with E-state index in [4.69, 9.17) is 0 Å². The molecule has 0 N–H and O–H groups in total. The van der Waals surface area contributed by atoms with E-state index in [0.717, 1.165) is 6.54 Å². The normalized spacial score (nSPS) is 10.1. The number of hydrogen-bond acceptors (Lipinski definition) is 0. The van der Waals surface area contributed by atoms with Gasteiger partial charge < -0.3 is 0 Å². The summed E-state index contributed by atoms with van der Waals surface area (Å²) in [7, 11) is 0. The molecule has 0 aliphatic carbocycles. The fourth-order valence-electron chi connectivity index (χ4n) is 1.52. The Morgan fingerprint density at radius 3 is 2.36 bits per heavy atom. The van der Waals surface area contributed by atoms with Crippen LogP contribution in [0.4, 0.5) is 0 Å².